The van der Waals surface area contributed by atoms with Gasteiger partial charge in [-0.2, -0.15) is 0 Å². The van der Waals surface area contributed by atoms with Crippen molar-refractivity contribution in [3.05, 3.63) is 18.2 Å². The number of ether oxygens (including phenoxy) is 1. The molecule has 1 aromatic carbocycles. The first kappa shape index (κ1) is 24.1. The van der Waals surface area contributed by atoms with Crippen molar-refractivity contribution in [2.75, 3.05) is 19.0 Å². The topological polar surface area (TPSA) is 74.4 Å². The normalized spacial score (nSPS) is 25.1. The summed E-state index contributed by atoms with van der Waals surface area (Å²) in [6, 6.07) is 5.43. The average Bonchev–Trinajstić information content (AvgIpc) is 2.74. The molecular formula is C25H38N2O3S. The fourth-order valence-corrected chi connectivity index (χ4v) is 5.61. The van der Waals surface area contributed by atoms with Gasteiger partial charge in [-0.3, -0.25) is 9.98 Å². The Morgan fingerprint density at radius 3 is 2.77 bits per heavy atom. The van der Waals surface area contributed by atoms with Gasteiger partial charge in [0.2, 0.25) is 0 Å². The number of fused-ring (bicyclic) bond motifs is 1. The number of hydrogen-bond donors (Lipinski definition) is 2. The summed E-state index contributed by atoms with van der Waals surface area (Å²) in [6.45, 7) is 9.65. The molecule has 3 unspecified atom stereocenters. The fourth-order valence-electron chi connectivity index (χ4n) is 4.35. The zero-order chi connectivity index (χ0) is 22.4. The van der Waals surface area contributed by atoms with Gasteiger partial charge in [-0.05, 0) is 42.7 Å². The molecule has 2 N–H and O–H groups in total. The van der Waals surface area contributed by atoms with Gasteiger partial charge in [0.05, 0.1) is 24.5 Å². The number of phenolic OH excluding ortho intramolecular Hbond substituents is 1. The Morgan fingerprint density at radius 1 is 1.29 bits per heavy atom. The van der Waals surface area contributed by atoms with Crippen LogP contribution in [-0.4, -0.2) is 51.9 Å². The number of aliphatic imine (C=N–C) groups is 2. The molecule has 1 aliphatic heterocycles. The molecule has 0 amide bonds. The molecule has 172 valence electrons. The predicted octanol–water partition coefficient (Wildman–Crippen LogP) is 5.80. The third-order valence-electron chi connectivity index (χ3n) is 6.18. The summed E-state index contributed by atoms with van der Waals surface area (Å²) in [7, 11) is 0. The highest BCUT2D eigenvalue weighted by molar-refractivity contribution is 8.01. The van der Waals surface area contributed by atoms with Crippen molar-refractivity contribution in [1.29, 1.82) is 0 Å². The summed E-state index contributed by atoms with van der Waals surface area (Å²) >= 11 is 1.81. The van der Waals surface area contributed by atoms with Gasteiger partial charge in [-0.15, -0.1) is 11.8 Å². The van der Waals surface area contributed by atoms with E-state index in [1.807, 2.05) is 23.9 Å². The lowest BCUT2D eigenvalue weighted by Crippen LogP contribution is -2.43. The van der Waals surface area contributed by atoms with E-state index >= 15 is 0 Å². The maximum atomic E-state index is 10.6. The van der Waals surface area contributed by atoms with Crippen LogP contribution in [0.25, 0.3) is 0 Å². The van der Waals surface area contributed by atoms with Crippen LogP contribution in [0, 0.1) is 11.3 Å². The molecule has 5 nitrogen and oxygen atoms in total. The first-order valence-corrected chi connectivity index (χ1v) is 12.7. The summed E-state index contributed by atoms with van der Waals surface area (Å²) < 4.78 is 5.97. The molecule has 0 saturated heterocycles. The lowest BCUT2D eigenvalue weighted by molar-refractivity contribution is 0.232. The number of unbranched alkanes of at least 4 members (excludes halogenated alkanes) is 1. The van der Waals surface area contributed by atoms with Gasteiger partial charge < -0.3 is 14.9 Å². The number of benzene rings is 1. The van der Waals surface area contributed by atoms with E-state index < -0.39 is 0 Å². The van der Waals surface area contributed by atoms with Gasteiger partial charge in [0.1, 0.15) is 17.2 Å². The standard InChI is InChI=1S/C25H38N2O3S/c1-5-7-8-17(6-2)15-30-19-9-10-20(23(29)11-19)27-22-13-25(3,4)12-21-24(22)31-16-18(14-28)26-21/h9-11,17-18,24,28-29H,5-8,12-16H2,1-4H3. The van der Waals surface area contributed by atoms with Crippen molar-refractivity contribution in [2.45, 2.75) is 77.5 Å². The van der Waals surface area contributed by atoms with Crippen molar-refractivity contribution >= 4 is 28.9 Å². The van der Waals surface area contributed by atoms with Gasteiger partial charge in [0.15, 0.2) is 0 Å². The molecule has 0 radical (unpaired) electrons. The van der Waals surface area contributed by atoms with Crippen molar-refractivity contribution < 1.29 is 14.9 Å². The Hall–Kier alpha value is -1.53. The average molecular weight is 447 g/mol. The van der Waals surface area contributed by atoms with E-state index in [-0.39, 0.29) is 29.1 Å². The third-order valence-corrected chi connectivity index (χ3v) is 7.63. The number of aliphatic hydroxyl groups is 1. The predicted molar refractivity (Wildman–Crippen MR) is 132 cm³/mol. The van der Waals surface area contributed by atoms with Crippen LogP contribution < -0.4 is 4.74 Å². The van der Waals surface area contributed by atoms with Crippen molar-refractivity contribution in [2.24, 2.45) is 21.3 Å². The first-order valence-electron chi connectivity index (χ1n) is 11.7. The number of thioether (sulfide) groups is 1. The van der Waals surface area contributed by atoms with Crippen LogP contribution in [0.15, 0.2) is 28.2 Å². The molecule has 1 saturated carbocycles. The van der Waals surface area contributed by atoms with Crippen LogP contribution >= 0.6 is 11.8 Å². The summed E-state index contributed by atoms with van der Waals surface area (Å²) in [5, 5.41) is 20.3. The third kappa shape index (κ3) is 6.48. The second-order valence-corrected chi connectivity index (χ2v) is 10.8. The lowest BCUT2D eigenvalue weighted by Gasteiger charge is -2.39. The molecule has 3 rings (SSSR count). The van der Waals surface area contributed by atoms with Crippen LogP contribution in [0.1, 0.15) is 66.2 Å². The molecule has 1 aliphatic carbocycles. The summed E-state index contributed by atoms with van der Waals surface area (Å²) in [4.78, 5) is 9.69. The molecule has 31 heavy (non-hydrogen) atoms. The van der Waals surface area contributed by atoms with E-state index in [0.717, 1.165) is 36.4 Å². The molecule has 3 atom stereocenters. The monoisotopic (exact) mass is 446 g/mol. The van der Waals surface area contributed by atoms with E-state index in [1.165, 1.54) is 19.3 Å². The maximum absolute atomic E-state index is 10.6. The highest BCUT2D eigenvalue weighted by Crippen LogP contribution is 2.41. The number of aliphatic hydroxyl groups excluding tert-OH is 1. The SMILES string of the molecule is CCCCC(CC)COc1ccc(N=C2CC(C)(C)CC3=NC(CO)CSC23)c(O)c1. The minimum Gasteiger partial charge on any atom is -0.506 e. The van der Waals surface area contributed by atoms with E-state index in [9.17, 15) is 10.2 Å². The Balaban J connectivity index is 1.75. The molecule has 2 aliphatic rings. The van der Waals surface area contributed by atoms with Gasteiger partial charge >= 0.3 is 0 Å². The van der Waals surface area contributed by atoms with E-state index in [4.69, 9.17) is 14.7 Å². The summed E-state index contributed by atoms with van der Waals surface area (Å²) in [5.41, 5.74) is 2.84. The summed E-state index contributed by atoms with van der Waals surface area (Å²) in [5.74, 6) is 2.21. The highest BCUT2D eigenvalue weighted by Gasteiger charge is 2.39. The molecule has 1 aromatic rings. The van der Waals surface area contributed by atoms with Crippen LogP contribution in [0.2, 0.25) is 0 Å². The van der Waals surface area contributed by atoms with Crippen molar-refractivity contribution in [3.8, 4) is 11.5 Å². The van der Waals surface area contributed by atoms with Crippen LogP contribution in [0.4, 0.5) is 5.69 Å². The van der Waals surface area contributed by atoms with E-state index in [0.29, 0.717) is 24.0 Å². The first-order chi connectivity index (χ1) is 14.8. The fraction of sp³-hybridized carbons (Fsp3) is 0.680. The van der Waals surface area contributed by atoms with E-state index in [2.05, 4.69) is 27.7 Å². The molecular weight excluding hydrogens is 408 g/mol. The molecule has 0 bridgehead atoms. The van der Waals surface area contributed by atoms with Crippen molar-refractivity contribution in [3.63, 3.8) is 0 Å². The second-order valence-electron chi connectivity index (χ2n) is 9.67. The smallest absolute Gasteiger partial charge is 0.144 e. The number of hydrogen-bond acceptors (Lipinski definition) is 6. The number of phenols is 1. The molecule has 1 fully saturated rings. The maximum Gasteiger partial charge on any atom is 0.144 e. The molecule has 0 aromatic heterocycles. The zero-order valence-corrected chi connectivity index (χ0v) is 20.2. The minimum absolute atomic E-state index is 0.0134. The molecule has 6 heteroatoms. The highest BCUT2D eigenvalue weighted by atomic mass is 32.2. The number of rotatable bonds is 9. The number of aromatic hydroxyl groups is 1. The number of nitrogens with zero attached hydrogens (tertiary/aromatic N) is 2. The molecule has 0 spiro atoms. The Morgan fingerprint density at radius 2 is 2.10 bits per heavy atom. The molecule has 1 heterocycles. The Bertz CT molecular complexity index is 806. The van der Waals surface area contributed by atoms with Gasteiger partial charge in [-0.25, -0.2) is 0 Å². The van der Waals surface area contributed by atoms with Gasteiger partial charge in [0, 0.05) is 23.2 Å². The second kappa shape index (κ2) is 10.9. The van der Waals surface area contributed by atoms with Crippen molar-refractivity contribution in [1.82, 2.24) is 0 Å². The lowest BCUT2D eigenvalue weighted by atomic mass is 9.75. The Kier molecular flexibility index (Phi) is 8.45. The quantitative estimate of drug-likeness (QED) is 0.503. The Labute approximate surface area is 191 Å². The van der Waals surface area contributed by atoms with Gasteiger partial charge in [-0.1, -0.05) is 47.0 Å². The summed E-state index contributed by atoms with van der Waals surface area (Å²) in [6.07, 6.45) is 6.52. The van der Waals surface area contributed by atoms with Gasteiger partial charge in [0.25, 0.3) is 0 Å². The van der Waals surface area contributed by atoms with Crippen LogP contribution in [0.5, 0.6) is 11.5 Å². The minimum atomic E-state index is -0.0134. The zero-order valence-electron chi connectivity index (χ0n) is 19.4. The van der Waals surface area contributed by atoms with Crippen LogP contribution in [-0.2, 0) is 0 Å². The van der Waals surface area contributed by atoms with Crippen LogP contribution in [0.3, 0.4) is 0 Å². The largest absolute Gasteiger partial charge is 0.506 e. The van der Waals surface area contributed by atoms with E-state index in [1.54, 1.807) is 6.07 Å².